The van der Waals surface area contributed by atoms with Crippen LogP contribution in [0.4, 0.5) is 8.78 Å². The van der Waals surface area contributed by atoms with E-state index in [1.165, 1.54) is 12.1 Å². The van der Waals surface area contributed by atoms with Gasteiger partial charge in [0, 0.05) is 31.3 Å². The highest BCUT2D eigenvalue weighted by Crippen LogP contribution is 2.26. The van der Waals surface area contributed by atoms with Crippen LogP contribution in [0.2, 0.25) is 0 Å². The fourth-order valence-electron chi connectivity index (χ4n) is 2.10. The molecule has 0 saturated heterocycles. The maximum atomic E-state index is 13.7. The number of hydrogen-bond donors (Lipinski definition) is 1. The molecule has 17 heavy (non-hydrogen) atoms. The lowest BCUT2D eigenvalue weighted by molar-refractivity contribution is 0.516. The topological polar surface area (TPSA) is 29.9 Å². The van der Waals surface area contributed by atoms with E-state index in [9.17, 15) is 8.78 Å². The van der Waals surface area contributed by atoms with E-state index < -0.39 is 11.6 Å². The Balaban J connectivity index is 2.12. The quantitative estimate of drug-likeness (QED) is 0.818. The third kappa shape index (κ3) is 1.72. The maximum absolute atomic E-state index is 13.7. The summed E-state index contributed by atoms with van der Waals surface area (Å²) in [5.74, 6) is -1.14. The second kappa shape index (κ2) is 3.92. The van der Waals surface area contributed by atoms with Gasteiger partial charge in [0.05, 0.1) is 17.7 Å². The van der Waals surface area contributed by atoms with Crippen molar-refractivity contribution < 1.29 is 8.78 Å². The van der Waals surface area contributed by atoms with Crippen LogP contribution in [0.15, 0.2) is 24.5 Å². The Morgan fingerprint density at radius 3 is 3.00 bits per heavy atom. The second-order valence-corrected chi connectivity index (χ2v) is 4.03. The summed E-state index contributed by atoms with van der Waals surface area (Å²) in [7, 11) is 0. The molecule has 0 atom stereocenters. The molecule has 0 saturated carbocycles. The van der Waals surface area contributed by atoms with Crippen LogP contribution in [0.5, 0.6) is 0 Å². The fraction of sp³-hybridized carbons (Fsp3) is 0.250. The minimum Gasteiger partial charge on any atom is -0.332 e. The predicted molar refractivity (Wildman–Crippen MR) is 59.3 cm³/mol. The van der Waals surface area contributed by atoms with E-state index in [0.717, 1.165) is 24.8 Å². The van der Waals surface area contributed by atoms with Gasteiger partial charge in [0.1, 0.15) is 11.6 Å². The van der Waals surface area contributed by atoms with Crippen molar-refractivity contribution >= 4 is 0 Å². The van der Waals surface area contributed by atoms with Gasteiger partial charge < -0.3 is 9.88 Å². The molecule has 1 aromatic carbocycles. The van der Waals surface area contributed by atoms with Crippen molar-refractivity contribution in [3.63, 3.8) is 0 Å². The highest BCUT2D eigenvalue weighted by molar-refractivity contribution is 5.62. The number of halogens is 2. The third-order valence-electron chi connectivity index (χ3n) is 2.95. The molecule has 0 radical (unpaired) electrons. The van der Waals surface area contributed by atoms with Crippen molar-refractivity contribution in [3.8, 4) is 11.3 Å². The molecule has 0 spiro atoms. The van der Waals surface area contributed by atoms with Gasteiger partial charge in [-0.15, -0.1) is 0 Å². The summed E-state index contributed by atoms with van der Waals surface area (Å²) in [5, 5.41) is 3.21. The van der Waals surface area contributed by atoms with Crippen molar-refractivity contribution in [2.45, 2.75) is 13.1 Å². The van der Waals surface area contributed by atoms with Gasteiger partial charge in [0.2, 0.25) is 0 Å². The number of nitrogens with zero attached hydrogens (tertiary/aromatic N) is 2. The normalized spacial score (nSPS) is 14.7. The van der Waals surface area contributed by atoms with Gasteiger partial charge in [0.25, 0.3) is 0 Å². The summed E-state index contributed by atoms with van der Waals surface area (Å²) in [6.45, 7) is 2.37. The van der Waals surface area contributed by atoms with Crippen LogP contribution in [-0.2, 0) is 13.1 Å². The molecule has 5 heteroatoms. The molecule has 1 aliphatic heterocycles. The first kappa shape index (κ1) is 10.4. The maximum Gasteiger partial charge on any atom is 0.135 e. The first-order valence-electron chi connectivity index (χ1n) is 5.46. The summed E-state index contributed by atoms with van der Waals surface area (Å²) < 4.78 is 28.5. The van der Waals surface area contributed by atoms with Crippen LogP contribution in [0.25, 0.3) is 11.3 Å². The molecule has 0 amide bonds. The lowest BCUT2D eigenvalue weighted by Crippen LogP contribution is -2.27. The Bertz CT molecular complexity index is 563. The molecule has 2 heterocycles. The van der Waals surface area contributed by atoms with Gasteiger partial charge in [0.15, 0.2) is 0 Å². The molecule has 0 bridgehead atoms. The second-order valence-electron chi connectivity index (χ2n) is 4.03. The van der Waals surface area contributed by atoms with Crippen molar-refractivity contribution in [1.29, 1.82) is 0 Å². The minimum atomic E-state index is -0.572. The predicted octanol–water partition coefficient (Wildman–Crippen LogP) is 1.93. The van der Waals surface area contributed by atoms with E-state index in [-0.39, 0.29) is 0 Å². The van der Waals surface area contributed by atoms with E-state index in [0.29, 0.717) is 17.8 Å². The van der Waals surface area contributed by atoms with Crippen LogP contribution in [-0.4, -0.2) is 16.1 Å². The monoisotopic (exact) mass is 235 g/mol. The zero-order valence-electron chi connectivity index (χ0n) is 9.08. The molecule has 1 N–H and O–H groups in total. The molecule has 1 aliphatic rings. The van der Waals surface area contributed by atoms with Crippen LogP contribution in [0.3, 0.4) is 0 Å². The summed E-state index contributed by atoms with van der Waals surface area (Å²) >= 11 is 0. The molecule has 3 nitrogen and oxygen atoms in total. The molecule has 0 fully saturated rings. The fourth-order valence-corrected chi connectivity index (χ4v) is 2.10. The number of imidazole rings is 1. The standard InChI is InChI=1S/C12H11F2N3/c13-8-1-2-9(10(14)5-8)12-11-6-15-3-4-17(11)7-16-12/h1-2,5,7,15H,3-4,6H2. The Morgan fingerprint density at radius 1 is 1.29 bits per heavy atom. The van der Waals surface area contributed by atoms with Crippen LogP contribution in [0.1, 0.15) is 5.69 Å². The first-order valence-corrected chi connectivity index (χ1v) is 5.46. The smallest absolute Gasteiger partial charge is 0.135 e. The van der Waals surface area contributed by atoms with Crippen molar-refractivity contribution in [2.24, 2.45) is 0 Å². The molecule has 88 valence electrons. The highest BCUT2D eigenvalue weighted by Gasteiger charge is 2.18. The lowest BCUT2D eigenvalue weighted by atomic mass is 10.1. The average Bonchev–Trinajstić information content (AvgIpc) is 2.73. The van der Waals surface area contributed by atoms with Gasteiger partial charge in [-0.3, -0.25) is 0 Å². The molecule has 0 unspecified atom stereocenters. The average molecular weight is 235 g/mol. The Labute approximate surface area is 97.1 Å². The van der Waals surface area contributed by atoms with Gasteiger partial charge in [-0.1, -0.05) is 0 Å². The number of rotatable bonds is 1. The van der Waals surface area contributed by atoms with Gasteiger partial charge in [-0.05, 0) is 12.1 Å². The van der Waals surface area contributed by atoms with Crippen molar-refractivity contribution in [3.05, 3.63) is 41.9 Å². The molecular formula is C12H11F2N3. The minimum absolute atomic E-state index is 0.351. The Hall–Kier alpha value is -1.75. The van der Waals surface area contributed by atoms with E-state index in [4.69, 9.17) is 0 Å². The number of benzene rings is 1. The zero-order chi connectivity index (χ0) is 11.8. The Morgan fingerprint density at radius 2 is 2.18 bits per heavy atom. The molecular weight excluding hydrogens is 224 g/mol. The summed E-state index contributed by atoms with van der Waals surface area (Å²) in [5.41, 5.74) is 1.89. The number of nitrogens with one attached hydrogen (secondary N) is 1. The molecule has 3 rings (SSSR count). The first-order chi connectivity index (χ1) is 8.25. The number of fused-ring (bicyclic) bond motifs is 1. The van der Waals surface area contributed by atoms with E-state index in [1.807, 2.05) is 4.57 Å². The summed E-state index contributed by atoms with van der Waals surface area (Å²) in [6.07, 6.45) is 1.70. The SMILES string of the molecule is Fc1ccc(-c2ncn3c2CNCC3)c(F)c1. The largest absolute Gasteiger partial charge is 0.332 e. The highest BCUT2D eigenvalue weighted by atomic mass is 19.1. The number of aromatic nitrogens is 2. The van der Waals surface area contributed by atoms with Gasteiger partial charge in [-0.2, -0.15) is 0 Å². The van der Waals surface area contributed by atoms with E-state index >= 15 is 0 Å². The molecule has 0 aliphatic carbocycles. The van der Waals surface area contributed by atoms with Crippen LogP contribution < -0.4 is 5.32 Å². The van der Waals surface area contributed by atoms with E-state index in [2.05, 4.69) is 10.3 Å². The summed E-state index contributed by atoms with van der Waals surface area (Å²) in [6, 6.07) is 3.57. The molecule has 2 aromatic rings. The zero-order valence-corrected chi connectivity index (χ0v) is 9.08. The van der Waals surface area contributed by atoms with Crippen LogP contribution >= 0.6 is 0 Å². The van der Waals surface area contributed by atoms with Gasteiger partial charge >= 0.3 is 0 Å². The van der Waals surface area contributed by atoms with Crippen molar-refractivity contribution in [2.75, 3.05) is 6.54 Å². The number of hydrogen-bond acceptors (Lipinski definition) is 2. The third-order valence-corrected chi connectivity index (χ3v) is 2.95. The summed E-state index contributed by atoms with van der Waals surface area (Å²) in [4.78, 5) is 4.22. The van der Waals surface area contributed by atoms with E-state index in [1.54, 1.807) is 6.33 Å². The van der Waals surface area contributed by atoms with Gasteiger partial charge in [-0.25, -0.2) is 13.8 Å². The Kier molecular flexibility index (Phi) is 2.40. The van der Waals surface area contributed by atoms with Crippen molar-refractivity contribution in [1.82, 2.24) is 14.9 Å². The molecule has 1 aromatic heterocycles. The lowest BCUT2D eigenvalue weighted by Gasteiger charge is -2.16. The van der Waals surface area contributed by atoms with Crippen LogP contribution in [0, 0.1) is 11.6 Å².